The summed E-state index contributed by atoms with van der Waals surface area (Å²) in [7, 11) is -0.430. The number of esters is 1. The van der Waals surface area contributed by atoms with Gasteiger partial charge in [-0.05, 0) is 48.5 Å². The van der Waals surface area contributed by atoms with Crippen molar-refractivity contribution in [3.8, 4) is 0 Å². The van der Waals surface area contributed by atoms with E-state index >= 15 is 0 Å². The van der Waals surface area contributed by atoms with Gasteiger partial charge in [-0.15, -0.1) is 13.2 Å². The molecule has 3 rings (SSSR count). The van der Waals surface area contributed by atoms with Crippen LogP contribution in [0.1, 0.15) is 10.4 Å². The molecule has 6 heteroatoms. The van der Waals surface area contributed by atoms with Crippen molar-refractivity contribution >= 4 is 16.9 Å². The van der Waals surface area contributed by atoms with E-state index in [1.165, 1.54) is 12.1 Å². The monoisotopic (exact) mass is 375 g/mol. The Balaban J connectivity index is 1.94. The number of carbonyl (C=O) groups is 1. The SMILES string of the molecule is O=C(OC(F)(F)F)c1ccc([S+](c2ccccc2)c2ccccc2)cc1. The maximum absolute atomic E-state index is 12.2. The Morgan fingerprint density at radius 3 is 1.54 bits per heavy atom. The third-order valence-corrected chi connectivity index (χ3v) is 5.72. The van der Waals surface area contributed by atoms with E-state index < -0.39 is 23.2 Å². The molecule has 0 aliphatic rings. The zero-order chi connectivity index (χ0) is 18.6. The van der Waals surface area contributed by atoms with E-state index in [2.05, 4.69) is 4.74 Å². The van der Waals surface area contributed by atoms with Crippen LogP contribution in [0.5, 0.6) is 0 Å². The fraction of sp³-hybridized carbons (Fsp3) is 0.0500. The molecule has 2 nitrogen and oxygen atoms in total. The number of hydrogen-bond donors (Lipinski definition) is 0. The normalized spacial score (nSPS) is 11.4. The summed E-state index contributed by atoms with van der Waals surface area (Å²) in [6.07, 6.45) is -4.99. The van der Waals surface area contributed by atoms with Gasteiger partial charge in [-0.2, -0.15) is 0 Å². The van der Waals surface area contributed by atoms with Crippen LogP contribution in [0.4, 0.5) is 13.2 Å². The van der Waals surface area contributed by atoms with E-state index in [1.807, 2.05) is 60.7 Å². The molecule has 3 aromatic rings. The third-order valence-electron chi connectivity index (χ3n) is 3.49. The number of rotatable bonds is 4. The molecule has 26 heavy (non-hydrogen) atoms. The van der Waals surface area contributed by atoms with Gasteiger partial charge >= 0.3 is 12.3 Å². The molecule has 0 aliphatic carbocycles. The van der Waals surface area contributed by atoms with E-state index in [-0.39, 0.29) is 5.56 Å². The van der Waals surface area contributed by atoms with E-state index in [0.29, 0.717) is 0 Å². The third kappa shape index (κ3) is 4.46. The molecular weight excluding hydrogens is 361 g/mol. The molecule has 0 saturated carbocycles. The number of halogens is 3. The van der Waals surface area contributed by atoms with Crippen LogP contribution in [0.3, 0.4) is 0 Å². The van der Waals surface area contributed by atoms with Gasteiger partial charge < -0.3 is 4.74 Å². The summed E-state index contributed by atoms with van der Waals surface area (Å²) in [5.74, 6) is -1.41. The zero-order valence-electron chi connectivity index (χ0n) is 13.4. The van der Waals surface area contributed by atoms with Gasteiger partial charge in [0.1, 0.15) is 0 Å². The second kappa shape index (κ2) is 7.66. The molecular formula is C20H14F3O2S+. The molecule has 0 fully saturated rings. The Kier molecular flexibility index (Phi) is 5.32. The molecule has 0 saturated heterocycles. The average molecular weight is 375 g/mol. The first-order valence-electron chi connectivity index (χ1n) is 7.68. The number of alkyl halides is 3. The summed E-state index contributed by atoms with van der Waals surface area (Å²) in [5, 5.41) is 0. The second-order valence-corrected chi connectivity index (χ2v) is 7.32. The summed E-state index contributed by atoms with van der Waals surface area (Å²) in [6, 6.07) is 25.6. The smallest absolute Gasteiger partial charge is 0.369 e. The molecule has 0 amide bonds. The highest BCUT2D eigenvalue weighted by Gasteiger charge is 2.35. The van der Waals surface area contributed by atoms with Crippen molar-refractivity contribution in [1.29, 1.82) is 0 Å². The first kappa shape index (κ1) is 18.1. The van der Waals surface area contributed by atoms with Gasteiger partial charge in [0.05, 0.1) is 16.5 Å². The summed E-state index contributed by atoms with van der Waals surface area (Å²) in [5.41, 5.74) is -0.143. The average Bonchev–Trinajstić information content (AvgIpc) is 2.63. The molecule has 0 bridgehead atoms. The highest BCUT2D eigenvalue weighted by molar-refractivity contribution is 7.97. The predicted molar refractivity (Wildman–Crippen MR) is 93.0 cm³/mol. The van der Waals surface area contributed by atoms with Crippen LogP contribution in [0.2, 0.25) is 0 Å². The molecule has 0 aromatic heterocycles. The number of ether oxygens (including phenoxy) is 1. The summed E-state index contributed by atoms with van der Waals surface area (Å²) in [4.78, 5) is 14.6. The predicted octanol–water partition coefficient (Wildman–Crippen LogP) is 5.46. The van der Waals surface area contributed by atoms with Crippen LogP contribution in [-0.4, -0.2) is 12.3 Å². The van der Waals surface area contributed by atoms with Crippen molar-refractivity contribution in [2.24, 2.45) is 0 Å². The van der Waals surface area contributed by atoms with Gasteiger partial charge in [0.25, 0.3) is 0 Å². The van der Waals surface area contributed by atoms with Crippen LogP contribution in [-0.2, 0) is 15.6 Å². The van der Waals surface area contributed by atoms with Gasteiger partial charge in [0.2, 0.25) is 0 Å². The van der Waals surface area contributed by atoms with Crippen LogP contribution >= 0.6 is 0 Å². The fourth-order valence-corrected chi connectivity index (χ4v) is 4.50. The molecule has 0 aliphatic heterocycles. The summed E-state index contributed by atoms with van der Waals surface area (Å²) < 4.78 is 40.1. The first-order chi connectivity index (χ1) is 12.4. The maximum atomic E-state index is 12.2. The molecule has 3 aromatic carbocycles. The van der Waals surface area contributed by atoms with Crippen molar-refractivity contribution in [2.75, 3.05) is 0 Å². The lowest BCUT2D eigenvalue weighted by atomic mass is 10.2. The van der Waals surface area contributed by atoms with E-state index in [0.717, 1.165) is 14.7 Å². The lowest BCUT2D eigenvalue weighted by molar-refractivity contribution is -0.291. The van der Waals surface area contributed by atoms with Crippen LogP contribution < -0.4 is 0 Å². The molecule has 0 heterocycles. The second-order valence-electron chi connectivity index (χ2n) is 5.29. The summed E-state index contributed by atoms with van der Waals surface area (Å²) >= 11 is 0. The summed E-state index contributed by atoms with van der Waals surface area (Å²) in [6.45, 7) is 0. The van der Waals surface area contributed by atoms with Crippen molar-refractivity contribution < 1.29 is 22.7 Å². The van der Waals surface area contributed by atoms with Gasteiger partial charge in [-0.1, -0.05) is 36.4 Å². The largest absolute Gasteiger partial charge is 0.575 e. The number of carbonyl (C=O) groups excluding carboxylic acids is 1. The first-order valence-corrected chi connectivity index (χ1v) is 8.91. The molecule has 0 atom stereocenters. The quantitative estimate of drug-likeness (QED) is 0.447. The Hall–Kier alpha value is -2.73. The van der Waals surface area contributed by atoms with Crippen LogP contribution in [0.15, 0.2) is 99.6 Å². The standard InChI is InChI=1S/C20H14F3O2S/c21-20(22,23)25-19(24)15-11-13-18(14-12-15)26(16-7-3-1-4-8-16)17-9-5-2-6-10-17/h1-14H/q+1. The van der Waals surface area contributed by atoms with E-state index in [1.54, 1.807) is 12.1 Å². The minimum absolute atomic E-state index is 0.143. The Bertz CT molecular complexity index is 824. The highest BCUT2D eigenvalue weighted by atomic mass is 32.2. The van der Waals surface area contributed by atoms with Gasteiger partial charge in [-0.3, -0.25) is 0 Å². The zero-order valence-corrected chi connectivity index (χ0v) is 14.3. The van der Waals surface area contributed by atoms with Crippen LogP contribution in [0, 0.1) is 0 Å². The Morgan fingerprint density at radius 1 is 0.692 bits per heavy atom. The van der Waals surface area contributed by atoms with E-state index in [9.17, 15) is 18.0 Å². The molecule has 132 valence electrons. The maximum Gasteiger partial charge on any atom is 0.575 e. The van der Waals surface area contributed by atoms with Gasteiger partial charge in [0.15, 0.2) is 14.7 Å². The van der Waals surface area contributed by atoms with Gasteiger partial charge in [-0.25, -0.2) is 4.79 Å². The van der Waals surface area contributed by atoms with Crippen molar-refractivity contribution in [1.82, 2.24) is 0 Å². The lowest BCUT2D eigenvalue weighted by Crippen LogP contribution is -2.19. The van der Waals surface area contributed by atoms with Crippen molar-refractivity contribution in [3.05, 3.63) is 90.5 Å². The number of hydrogen-bond acceptors (Lipinski definition) is 2. The van der Waals surface area contributed by atoms with Crippen LogP contribution in [0.25, 0.3) is 0 Å². The van der Waals surface area contributed by atoms with Crippen molar-refractivity contribution in [3.63, 3.8) is 0 Å². The van der Waals surface area contributed by atoms with E-state index in [4.69, 9.17) is 0 Å². The molecule has 0 radical (unpaired) electrons. The minimum atomic E-state index is -4.99. The van der Waals surface area contributed by atoms with Gasteiger partial charge in [0, 0.05) is 0 Å². The Labute approximate surface area is 151 Å². The highest BCUT2D eigenvalue weighted by Crippen LogP contribution is 2.31. The van der Waals surface area contributed by atoms with Crippen molar-refractivity contribution in [2.45, 2.75) is 21.0 Å². The minimum Gasteiger partial charge on any atom is -0.369 e. The Morgan fingerprint density at radius 2 is 1.12 bits per heavy atom. The molecule has 0 spiro atoms. The molecule has 0 unspecified atom stereocenters. The lowest BCUT2D eigenvalue weighted by Gasteiger charge is -2.09. The number of benzene rings is 3. The fourth-order valence-electron chi connectivity index (χ4n) is 2.41. The topological polar surface area (TPSA) is 26.3 Å². The molecule has 0 N–H and O–H groups in total.